The Bertz CT molecular complexity index is 742. The van der Waals surface area contributed by atoms with Gasteiger partial charge in [-0.3, -0.25) is 4.68 Å². The first-order chi connectivity index (χ1) is 10.7. The van der Waals surface area contributed by atoms with Gasteiger partial charge >= 0.3 is 0 Å². The summed E-state index contributed by atoms with van der Waals surface area (Å²) in [6.07, 6.45) is 3.65. The van der Waals surface area contributed by atoms with Gasteiger partial charge in [0.1, 0.15) is 5.82 Å². The first-order valence-corrected chi connectivity index (χ1v) is 7.69. The van der Waals surface area contributed by atoms with Crippen molar-refractivity contribution in [2.45, 2.75) is 45.2 Å². The minimum absolute atomic E-state index is 0.0116. The van der Waals surface area contributed by atoms with Crippen LogP contribution in [0.1, 0.15) is 45.2 Å². The summed E-state index contributed by atoms with van der Waals surface area (Å²) in [7, 11) is 0. The molecule has 2 N–H and O–H groups in total. The van der Waals surface area contributed by atoms with Crippen LogP contribution in [0.15, 0.2) is 18.3 Å². The number of nitrogens with zero attached hydrogens (tertiary/aromatic N) is 2. The minimum Gasteiger partial charge on any atom is -0.324 e. The lowest BCUT2D eigenvalue weighted by Gasteiger charge is -2.24. The van der Waals surface area contributed by atoms with E-state index in [0.717, 1.165) is 18.9 Å². The lowest BCUT2D eigenvalue weighted by Crippen LogP contribution is -2.25. The predicted octanol–water partition coefficient (Wildman–Crippen LogP) is 4.13. The Balaban J connectivity index is 2.23. The van der Waals surface area contributed by atoms with Crippen molar-refractivity contribution in [3.05, 3.63) is 41.3 Å². The highest BCUT2D eigenvalue weighted by Gasteiger charge is 2.34. The first kappa shape index (κ1) is 16.1. The lowest BCUT2D eigenvalue weighted by atomic mass is 9.97. The van der Waals surface area contributed by atoms with Gasteiger partial charge in [-0.05, 0) is 45.6 Å². The fraction of sp³-hybridized carbons (Fsp3) is 0.471. The van der Waals surface area contributed by atoms with Gasteiger partial charge in [0.2, 0.25) is 0 Å². The molecule has 1 aliphatic rings. The predicted molar refractivity (Wildman–Crippen MR) is 82.2 cm³/mol. The van der Waals surface area contributed by atoms with Crippen LogP contribution in [0.25, 0.3) is 11.3 Å². The molecule has 1 aliphatic carbocycles. The van der Waals surface area contributed by atoms with Crippen LogP contribution in [0, 0.1) is 23.4 Å². The molecule has 0 amide bonds. The molecule has 23 heavy (non-hydrogen) atoms. The molecule has 1 saturated carbocycles. The molecule has 3 rings (SSSR count). The summed E-state index contributed by atoms with van der Waals surface area (Å²) < 4.78 is 42.9. The van der Waals surface area contributed by atoms with Crippen molar-refractivity contribution in [1.29, 1.82) is 0 Å². The van der Waals surface area contributed by atoms with Crippen LogP contribution in [-0.2, 0) is 5.54 Å². The van der Waals surface area contributed by atoms with E-state index >= 15 is 0 Å². The van der Waals surface area contributed by atoms with Crippen LogP contribution < -0.4 is 5.73 Å². The van der Waals surface area contributed by atoms with Crippen molar-refractivity contribution < 1.29 is 13.2 Å². The highest BCUT2D eigenvalue weighted by atomic mass is 19.2. The highest BCUT2D eigenvalue weighted by molar-refractivity contribution is 5.65. The van der Waals surface area contributed by atoms with Gasteiger partial charge in [-0.15, -0.1) is 0 Å². The molecule has 1 aromatic heterocycles. The molecule has 2 aromatic rings. The van der Waals surface area contributed by atoms with E-state index in [1.54, 1.807) is 10.9 Å². The van der Waals surface area contributed by atoms with Crippen LogP contribution in [-0.4, -0.2) is 9.78 Å². The summed E-state index contributed by atoms with van der Waals surface area (Å²) in [4.78, 5) is 0. The molecule has 0 spiro atoms. The Hall–Kier alpha value is -1.82. The van der Waals surface area contributed by atoms with Gasteiger partial charge in [0.05, 0.1) is 17.4 Å². The SMILES string of the molecule is CC(C)(C)n1ncc([C@H](N)C2CC2)c1-c1cc(F)c(F)cc1F. The van der Waals surface area contributed by atoms with Crippen molar-refractivity contribution in [3.63, 3.8) is 0 Å². The summed E-state index contributed by atoms with van der Waals surface area (Å²) in [5.41, 5.74) is 6.91. The Kier molecular flexibility index (Phi) is 3.75. The van der Waals surface area contributed by atoms with Crippen LogP contribution in [0.4, 0.5) is 13.2 Å². The second-order valence-corrected chi connectivity index (χ2v) is 7.14. The van der Waals surface area contributed by atoms with Gasteiger partial charge in [-0.2, -0.15) is 5.10 Å². The van der Waals surface area contributed by atoms with Crippen molar-refractivity contribution in [1.82, 2.24) is 9.78 Å². The molecule has 0 unspecified atom stereocenters. The molecule has 0 aliphatic heterocycles. The maximum Gasteiger partial charge on any atom is 0.161 e. The molecule has 1 fully saturated rings. The van der Waals surface area contributed by atoms with Crippen LogP contribution in [0.2, 0.25) is 0 Å². The van der Waals surface area contributed by atoms with E-state index in [9.17, 15) is 13.2 Å². The van der Waals surface area contributed by atoms with Crippen LogP contribution in [0.5, 0.6) is 0 Å². The monoisotopic (exact) mass is 323 g/mol. The Labute approximate surface area is 133 Å². The highest BCUT2D eigenvalue weighted by Crippen LogP contribution is 2.43. The van der Waals surface area contributed by atoms with E-state index in [0.29, 0.717) is 23.2 Å². The molecular formula is C17H20F3N3. The topological polar surface area (TPSA) is 43.8 Å². The van der Waals surface area contributed by atoms with E-state index in [4.69, 9.17) is 5.73 Å². The van der Waals surface area contributed by atoms with E-state index < -0.39 is 23.0 Å². The van der Waals surface area contributed by atoms with Gasteiger partial charge in [-0.25, -0.2) is 13.2 Å². The molecule has 1 heterocycles. The number of nitrogens with two attached hydrogens (primary N) is 1. The van der Waals surface area contributed by atoms with Crippen molar-refractivity contribution in [2.24, 2.45) is 11.7 Å². The van der Waals surface area contributed by atoms with Crippen molar-refractivity contribution in [2.75, 3.05) is 0 Å². The largest absolute Gasteiger partial charge is 0.324 e. The maximum atomic E-state index is 14.3. The van der Waals surface area contributed by atoms with Crippen LogP contribution in [0.3, 0.4) is 0 Å². The number of hydrogen-bond donors (Lipinski definition) is 1. The Morgan fingerprint density at radius 3 is 2.30 bits per heavy atom. The number of benzene rings is 1. The second kappa shape index (κ2) is 5.37. The average Bonchev–Trinajstić information content (AvgIpc) is 3.19. The van der Waals surface area contributed by atoms with E-state index in [1.165, 1.54) is 0 Å². The lowest BCUT2D eigenvalue weighted by molar-refractivity contribution is 0.359. The summed E-state index contributed by atoms with van der Waals surface area (Å²) in [5, 5.41) is 4.34. The Morgan fingerprint density at radius 1 is 1.13 bits per heavy atom. The van der Waals surface area contributed by atoms with Crippen LogP contribution >= 0.6 is 0 Å². The van der Waals surface area contributed by atoms with E-state index in [1.807, 2.05) is 20.8 Å². The third-order valence-corrected chi connectivity index (χ3v) is 4.19. The molecule has 3 nitrogen and oxygen atoms in total. The summed E-state index contributed by atoms with van der Waals surface area (Å²) in [5.74, 6) is -2.78. The zero-order valence-corrected chi connectivity index (χ0v) is 13.4. The van der Waals surface area contributed by atoms with E-state index in [-0.39, 0.29) is 11.6 Å². The molecule has 1 aromatic carbocycles. The smallest absolute Gasteiger partial charge is 0.161 e. The number of halogens is 3. The fourth-order valence-corrected chi connectivity index (χ4v) is 2.80. The summed E-state index contributed by atoms with van der Waals surface area (Å²) in [6.45, 7) is 5.73. The normalized spacial score (nSPS) is 16.7. The zero-order chi connectivity index (χ0) is 16.9. The number of rotatable bonds is 3. The average molecular weight is 323 g/mol. The zero-order valence-electron chi connectivity index (χ0n) is 13.4. The molecule has 0 saturated heterocycles. The number of aromatic nitrogens is 2. The van der Waals surface area contributed by atoms with Crippen molar-refractivity contribution in [3.8, 4) is 11.3 Å². The summed E-state index contributed by atoms with van der Waals surface area (Å²) >= 11 is 0. The number of hydrogen-bond acceptors (Lipinski definition) is 2. The molecule has 1 atom stereocenters. The standard InChI is InChI=1S/C17H20F3N3/c1-17(2,3)23-16(10-6-13(19)14(20)7-12(10)18)11(8-22-23)15(21)9-4-5-9/h6-9,15H,4-5,21H2,1-3H3/t15-/m1/s1. The quantitative estimate of drug-likeness (QED) is 0.863. The fourth-order valence-electron chi connectivity index (χ4n) is 2.80. The molecule has 0 radical (unpaired) electrons. The second-order valence-electron chi connectivity index (χ2n) is 7.14. The van der Waals surface area contributed by atoms with Crippen molar-refractivity contribution >= 4 is 0 Å². The first-order valence-electron chi connectivity index (χ1n) is 7.69. The van der Waals surface area contributed by atoms with E-state index in [2.05, 4.69) is 5.10 Å². The third kappa shape index (κ3) is 2.87. The van der Waals surface area contributed by atoms with Gasteiger partial charge in [-0.1, -0.05) is 0 Å². The third-order valence-electron chi connectivity index (χ3n) is 4.19. The molecule has 6 heteroatoms. The molecule has 0 bridgehead atoms. The Morgan fingerprint density at radius 2 is 1.74 bits per heavy atom. The van der Waals surface area contributed by atoms with Gasteiger partial charge < -0.3 is 5.73 Å². The van der Waals surface area contributed by atoms with Gasteiger partial charge in [0.15, 0.2) is 11.6 Å². The minimum atomic E-state index is -1.21. The maximum absolute atomic E-state index is 14.3. The molecule has 124 valence electrons. The van der Waals surface area contributed by atoms with Gasteiger partial charge in [0.25, 0.3) is 0 Å². The van der Waals surface area contributed by atoms with Gasteiger partial charge in [0, 0.05) is 23.2 Å². The molecular weight excluding hydrogens is 303 g/mol. The summed E-state index contributed by atoms with van der Waals surface area (Å²) in [6, 6.07) is 1.16.